The maximum absolute atomic E-state index is 4.85. The topological polar surface area (TPSA) is 51.6 Å². The fourth-order valence-corrected chi connectivity index (χ4v) is 5.46. The predicted molar refractivity (Wildman–Crippen MR) is 140 cm³/mol. The minimum atomic E-state index is -0.165. The van der Waals surface area contributed by atoms with Crippen molar-refractivity contribution in [2.45, 2.75) is 104 Å². The van der Waals surface area contributed by atoms with Crippen molar-refractivity contribution >= 4 is 0 Å². The third-order valence-electron chi connectivity index (χ3n) is 6.92. The molecule has 0 N–H and O–H groups in total. The Morgan fingerprint density at radius 2 is 1.40 bits per heavy atom. The van der Waals surface area contributed by atoms with Gasteiger partial charge in [0.25, 0.3) is 0 Å². The molecule has 35 heavy (non-hydrogen) atoms. The maximum Gasteiger partial charge on any atom is 0.164 e. The molecule has 2 aromatic heterocycles. The molecule has 2 heterocycles. The van der Waals surface area contributed by atoms with Crippen molar-refractivity contribution in [2.75, 3.05) is 0 Å². The number of fused-ring (bicyclic) bond motifs is 1. The zero-order valence-corrected chi connectivity index (χ0v) is 25.5. The van der Waals surface area contributed by atoms with Crippen LogP contribution < -0.4 is 0 Å². The Kier molecular flexibility index (Phi) is 6.98. The van der Waals surface area contributed by atoms with Gasteiger partial charge < -0.3 is 4.98 Å². The molecule has 1 aliphatic carbocycles. The largest absolute Gasteiger partial charge is 0.304 e. The molecule has 0 atom stereocenters. The summed E-state index contributed by atoms with van der Waals surface area (Å²) in [4.78, 5) is 19.3. The van der Waals surface area contributed by atoms with E-state index in [1.807, 2.05) is 6.20 Å². The van der Waals surface area contributed by atoms with Crippen LogP contribution in [0.15, 0.2) is 24.4 Å². The first kappa shape index (κ1) is 27.6. The number of pyridine rings is 1. The van der Waals surface area contributed by atoms with Crippen LogP contribution in [-0.2, 0) is 41.8 Å². The van der Waals surface area contributed by atoms with E-state index in [1.54, 1.807) is 0 Å². The number of benzene rings is 1. The molecule has 4 rings (SSSR count). The van der Waals surface area contributed by atoms with E-state index in [-0.39, 0.29) is 41.8 Å². The van der Waals surface area contributed by atoms with E-state index in [4.69, 9.17) is 19.9 Å². The van der Waals surface area contributed by atoms with E-state index in [1.165, 1.54) is 16.7 Å². The fraction of sp³-hybridized carbons (Fsp3) is 0.533. The van der Waals surface area contributed by atoms with E-state index in [9.17, 15) is 0 Å². The van der Waals surface area contributed by atoms with Crippen molar-refractivity contribution in [3.63, 3.8) is 0 Å². The molecule has 0 bridgehead atoms. The van der Waals surface area contributed by atoms with Crippen LogP contribution in [0.2, 0.25) is 0 Å². The fourth-order valence-electron chi connectivity index (χ4n) is 5.46. The molecule has 1 radical (unpaired) electrons. The van der Waals surface area contributed by atoms with E-state index in [0.717, 1.165) is 34.9 Å². The third-order valence-corrected chi connectivity index (χ3v) is 6.92. The zero-order chi connectivity index (χ0) is 25.3. The molecule has 3 aromatic rings. The van der Waals surface area contributed by atoms with Gasteiger partial charge in [-0.2, -0.15) is 0 Å². The Morgan fingerprint density at radius 3 is 1.89 bits per heavy atom. The smallest absolute Gasteiger partial charge is 0.164 e. The van der Waals surface area contributed by atoms with Crippen LogP contribution in [-0.4, -0.2) is 19.9 Å². The van der Waals surface area contributed by atoms with Crippen molar-refractivity contribution in [3.05, 3.63) is 58.8 Å². The first-order valence-corrected chi connectivity index (χ1v) is 12.3. The van der Waals surface area contributed by atoms with Crippen LogP contribution in [0, 0.1) is 13.0 Å². The molecule has 0 unspecified atom stereocenters. The summed E-state index contributed by atoms with van der Waals surface area (Å²) >= 11 is 0. The molecule has 189 valence electrons. The van der Waals surface area contributed by atoms with Gasteiger partial charge in [-0.15, -0.1) is 34.4 Å². The summed E-state index contributed by atoms with van der Waals surface area (Å²) in [5, 5.41) is 0. The van der Waals surface area contributed by atoms with E-state index < -0.39 is 0 Å². The molecule has 1 aromatic carbocycles. The Balaban J connectivity index is 0.00000342. The van der Waals surface area contributed by atoms with Gasteiger partial charge in [0.2, 0.25) is 0 Å². The van der Waals surface area contributed by atoms with Gasteiger partial charge in [0.15, 0.2) is 5.82 Å². The Morgan fingerprint density at radius 1 is 0.829 bits per heavy atom. The second kappa shape index (κ2) is 8.85. The van der Waals surface area contributed by atoms with Crippen molar-refractivity contribution in [1.29, 1.82) is 0 Å². The van der Waals surface area contributed by atoms with Gasteiger partial charge in [-0.3, -0.25) is 0 Å². The summed E-state index contributed by atoms with van der Waals surface area (Å²) in [7, 11) is 0. The molecule has 1 aliphatic rings. The summed E-state index contributed by atoms with van der Waals surface area (Å²) in [6.45, 7) is 24.4. The minimum Gasteiger partial charge on any atom is -0.304 e. The summed E-state index contributed by atoms with van der Waals surface area (Å²) in [5.41, 5.74) is 7.08. The van der Waals surface area contributed by atoms with Crippen molar-refractivity contribution in [2.24, 2.45) is 0 Å². The molecule has 0 fully saturated rings. The Labute approximate surface area is 225 Å². The van der Waals surface area contributed by atoms with Gasteiger partial charge in [-0.05, 0) is 22.9 Å². The summed E-state index contributed by atoms with van der Waals surface area (Å²) < 4.78 is 0. The number of nitrogens with zero attached hydrogens (tertiary/aromatic N) is 4. The van der Waals surface area contributed by atoms with Gasteiger partial charge in [0.1, 0.15) is 11.6 Å². The monoisotopic (exact) mass is 648 g/mol. The molecular weight excluding hydrogens is 609 g/mol. The van der Waals surface area contributed by atoms with Gasteiger partial charge in [0, 0.05) is 42.7 Å². The Bertz CT molecular complexity index is 1210. The molecular formula is C30H39IrN4-. The number of hydrogen-bond donors (Lipinski definition) is 0. The van der Waals surface area contributed by atoms with Crippen LogP contribution >= 0.6 is 0 Å². The zero-order valence-electron chi connectivity index (χ0n) is 23.1. The van der Waals surface area contributed by atoms with Crippen LogP contribution in [0.5, 0.6) is 0 Å². The van der Waals surface area contributed by atoms with Crippen LogP contribution in [0.3, 0.4) is 0 Å². The molecule has 5 heteroatoms. The minimum absolute atomic E-state index is 0. The van der Waals surface area contributed by atoms with E-state index in [0.29, 0.717) is 5.82 Å². The molecule has 0 saturated carbocycles. The molecule has 0 amide bonds. The second-order valence-corrected chi connectivity index (χ2v) is 13.3. The Hall–Kier alpha value is -1.97. The van der Waals surface area contributed by atoms with Crippen molar-refractivity contribution < 1.29 is 20.1 Å². The molecule has 0 saturated heterocycles. The van der Waals surface area contributed by atoms with E-state index >= 15 is 0 Å². The van der Waals surface area contributed by atoms with Crippen LogP contribution in [0.4, 0.5) is 0 Å². The van der Waals surface area contributed by atoms with Crippen molar-refractivity contribution in [1.82, 2.24) is 19.9 Å². The molecule has 0 spiro atoms. The number of rotatable bonds is 2. The first-order valence-electron chi connectivity index (χ1n) is 12.3. The maximum atomic E-state index is 4.85. The second-order valence-electron chi connectivity index (χ2n) is 13.3. The average Bonchev–Trinajstić information content (AvgIpc) is 2.91. The van der Waals surface area contributed by atoms with Crippen LogP contribution in [0.25, 0.3) is 22.6 Å². The number of aromatic nitrogens is 4. The van der Waals surface area contributed by atoms with Gasteiger partial charge in [-0.1, -0.05) is 88.3 Å². The van der Waals surface area contributed by atoms with Gasteiger partial charge in [-0.25, -0.2) is 15.0 Å². The first-order chi connectivity index (χ1) is 15.5. The molecule has 4 nitrogen and oxygen atoms in total. The van der Waals surface area contributed by atoms with Crippen molar-refractivity contribution in [3.8, 4) is 22.6 Å². The normalized spacial score (nSPS) is 16.5. The standard InChI is InChI=1S/C30H39N4.Ir/c1-18-20(13-14-21-23(18)30(10,11)17-29(21,8)9)22-15-12-19(16-31-22)24-32-25(27(2,3)4)34-26(33-24)28(5,6)7;/h12,14-16H,17H2,1-11H3;/q-1;. The average molecular weight is 648 g/mol. The van der Waals surface area contributed by atoms with Gasteiger partial charge >= 0.3 is 0 Å². The summed E-state index contributed by atoms with van der Waals surface area (Å²) in [6, 6.07) is 9.90. The van der Waals surface area contributed by atoms with E-state index in [2.05, 4.69) is 100 Å². The third kappa shape index (κ3) is 5.13. The summed E-state index contributed by atoms with van der Waals surface area (Å²) in [5.74, 6) is 2.29. The quantitative estimate of drug-likeness (QED) is 0.275. The SMILES string of the molecule is Cc1c(-c2ccc(-c3nc(C(C)(C)C)nc(C(C)(C)C)n3)cn2)[c-]cc2c1C(C)(C)CC2(C)C.[Ir]. The summed E-state index contributed by atoms with van der Waals surface area (Å²) in [6.07, 6.45) is 3.03. The van der Waals surface area contributed by atoms with Crippen LogP contribution in [0.1, 0.15) is 104 Å². The predicted octanol–water partition coefficient (Wildman–Crippen LogP) is 7.26. The number of hydrogen-bond acceptors (Lipinski definition) is 4. The van der Waals surface area contributed by atoms with Gasteiger partial charge in [0.05, 0.1) is 0 Å². The molecule has 0 aliphatic heterocycles.